The van der Waals surface area contributed by atoms with Gasteiger partial charge in [0.2, 0.25) is 5.82 Å². The largest absolute Gasteiger partial charge is 0.333 e. The summed E-state index contributed by atoms with van der Waals surface area (Å²) in [7, 11) is 0. The van der Waals surface area contributed by atoms with E-state index in [-0.39, 0.29) is 29.5 Å². The van der Waals surface area contributed by atoms with Crippen LogP contribution in [0.5, 0.6) is 0 Å². The van der Waals surface area contributed by atoms with Crippen molar-refractivity contribution < 1.29 is 9.18 Å². The van der Waals surface area contributed by atoms with Crippen LogP contribution in [0.3, 0.4) is 0 Å². The Balaban J connectivity index is 1.95. The second kappa shape index (κ2) is 6.68. The topological polar surface area (TPSA) is 63.1 Å². The van der Waals surface area contributed by atoms with E-state index < -0.39 is 0 Å². The first kappa shape index (κ1) is 16.6. The lowest BCUT2D eigenvalue weighted by Gasteiger charge is -2.31. The van der Waals surface area contributed by atoms with Crippen molar-refractivity contribution in [3.63, 3.8) is 0 Å². The van der Waals surface area contributed by atoms with Crippen molar-refractivity contribution >= 4 is 5.91 Å². The minimum atomic E-state index is -0.346. The van der Waals surface area contributed by atoms with Gasteiger partial charge in [0.25, 0.3) is 5.91 Å². The van der Waals surface area contributed by atoms with Gasteiger partial charge in [0.1, 0.15) is 11.6 Å². The molecular formula is C17H22FN5O. The summed E-state index contributed by atoms with van der Waals surface area (Å²) in [6, 6.07) is 6.39. The van der Waals surface area contributed by atoms with E-state index in [2.05, 4.69) is 15.4 Å². The first-order valence-electron chi connectivity index (χ1n) is 8.21. The number of piperazine rings is 1. The van der Waals surface area contributed by atoms with E-state index in [0.29, 0.717) is 24.6 Å². The number of nitrogens with zero attached hydrogens (tertiary/aromatic N) is 4. The molecular weight excluding hydrogens is 309 g/mol. The molecule has 0 saturated carbocycles. The number of hydrogen-bond acceptors (Lipinski definition) is 4. The fraction of sp³-hybridized carbons (Fsp3) is 0.471. The number of amides is 1. The van der Waals surface area contributed by atoms with Gasteiger partial charge in [0.15, 0.2) is 0 Å². The Morgan fingerprint density at radius 3 is 2.88 bits per heavy atom. The third kappa shape index (κ3) is 3.31. The lowest BCUT2D eigenvalue weighted by molar-refractivity contribution is 0.0696. The lowest BCUT2D eigenvalue weighted by atomic mass is 10.2. The molecule has 1 N–H and O–H groups in total. The van der Waals surface area contributed by atoms with E-state index in [1.54, 1.807) is 21.7 Å². The van der Waals surface area contributed by atoms with Gasteiger partial charge in [-0.3, -0.25) is 4.79 Å². The number of carbonyl (C=O) groups is 1. The van der Waals surface area contributed by atoms with E-state index in [4.69, 9.17) is 0 Å². The van der Waals surface area contributed by atoms with Crippen molar-refractivity contribution in [1.82, 2.24) is 25.0 Å². The molecule has 0 spiro atoms. The summed E-state index contributed by atoms with van der Waals surface area (Å²) in [5.41, 5.74) is 0.568. The Hall–Kier alpha value is -2.28. The Labute approximate surface area is 140 Å². The maximum absolute atomic E-state index is 13.5. The van der Waals surface area contributed by atoms with Gasteiger partial charge in [0, 0.05) is 31.6 Å². The number of carbonyl (C=O) groups excluding carboxylic acids is 1. The molecule has 0 radical (unpaired) electrons. The van der Waals surface area contributed by atoms with E-state index in [1.807, 2.05) is 20.8 Å². The fourth-order valence-corrected chi connectivity index (χ4v) is 2.84. The molecule has 24 heavy (non-hydrogen) atoms. The SMILES string of the molecule is CC1CN(C(=O)c2nc(C(C)C)n(-c3cccc(F)c3)n2)CCN1. The van der Waals surface area contributed by atoms with Crippen molar-refractivity contribution in [2.75, 3.05) is 19.6 Å². The molecule has 1 unspecified atom stereocenters. The van der Waals surface area contributed by atoms with Gasteiger partial charge >= 0.3 is 0 Å². The number of benzene rings is 1. The molecule has 1 amide bonds. The van der Waals surface area contributed by atoms with E-state index in [0.717, 1.165) is 6.54 Å². The first-order valence-corrected chi connectivity index (χ1v) is 8.21. The smallest absolute Gasteiger partial charge is 0.293 e. The van der Waals surface area contributed by atoms with Crippen molar-refractivity contribution in [1.29, 1.82) is 0 Å². The highest BCUT2D eigenvalue weighted by molar-refractivity contribution is 5.90. The number of aromatic nitrogens is 3. The number of hydrogen-bond donors (Lipinski definition) is 1. The van der Waals surface area contributed by atoms with Crippen LogP contribution in [0.25, 0.3) is 5.69 Å². The lowest BCUT2D eigenvalue weighted by Crippen LogP contribution is -2.51. The molecule has 7 heteroatoms. The third-order valence-electron chi connectivity index (χ3n) is 4.05. The van der Waals surface area contributed by atoms with Gasteiger partial charge in [-0.2, -0.15) is 0 Å². The highest BCUT2D eigenvalue weighted by Crippen LogP contribution is 2.19. The van der Waals surface area contributed by atoms with Gasteiger partial charge in [-0.05, 0) is 25.1 Å². The molecule has 1 atom stereocenters. The van der Waals surface area contributed by atoms with Gasteiger partial charge in [0.05, 0.1) is 5.69 Å². The van der Waals surface area contributed by atoms with Crippen molar-refractivity contribution in [2.24, 2.45) is 0 Å². The fourth-order valence-electron chi connectivity index (χ4n) is 2.84. The molecule has 6 nitrogen and oxygen atoms in total. The third-order valence-corrected chi connectivity index (χ3v) is 4.05. The molecule has 0 bridgehead atoms. The van der Waals surface area contributed by atoms with E-state index >= 15 is 0 Å². The quantitative estimate of drug-likeness (QED) is 0.934. The number of nitrogens with one attached hydrogen (secondary N) is 1. The summed E-state index contributed by atoms with van der Waals surface area (Å²) < 4.78 is 15.1. The average molecular weight is 331 g/mol. The summed E-state index contributed by atoms with van der Waals surface area (Å²) >= 11 is 0. The van der Waals surface area contributed by atoms with Crippen LogP contribution >= 0.6 is 0 Å². The zero-order valence-electron chi connectivity index (χ0n) is 14.2. The molecule has 1 aromatic carbocycles. The first-order chi connectivity index (χ1) is 11.5. The zero-order chi connectivity index (χ0) is 17.3. The molecule has 3 rings (SSSR count). The molecule has 0 aliphatic carbocycles. The second-order valence-electron chi connectivity index (χ2n) is 6.45. The van der Waals surface area contributed by atoms with Crippen LogP contribution < -0.4 is 5.32 Å². The normalized spacial score (nSPS) is 18.2. The molecule has 1 aromatic heterocycles. The molecule has 1 aliphatic rings. The molecule has 2 heterocycles. The van der Waals surface area contributed by atoms with Gasteiger partial charge in [-0.25, -0.2) is 14.1 Å². The van der Waals surface area contributed by atoms with Crippen LogP contribution in [0.1, 0.15) is 43.1 Å². The Morgan fingerprint density at radius 2 is 2.21 bits per heavy atom. The van der Waals surface area contributed by atoms with E-state index in [9.17, 15) is 9.18 Å². The Kier molecular flexibility index (Phi) is 4.62. The second-order valence-corrected chi connectivity index (χ2v) is 6.45. The van der Waals surface area contributed by atoms with Gasteiger partial charge in [-0.1, -0.05) is 19.9 Å². The minimum absolute atomic E-state index is 0.0595. The Morgan fingerprint density at radius 1 is 1.42 bits per heavy atom. The summed E-state index contributed by atoms with van der Waals surface area (Å²) in [6.07, 6.45) is 0. The highest BCUT2D eigenvalue weighted by atomic mass is 19.1. The highest BCUT2D eigenvalue weighted by Gasteiger charge is 2.26. The van der Waals surface area contributed by atoms with Crippen molar-refractivity contribution in [2.45, 2.75) is 32.7 Å². The van der Waals surface area contributed by atoms with E-state index in [1.165, 1.54) is 12.1 Å². The standard InChI is InChI=1S/C17H22FN5O/c1-11(2)16-20-15(17(24)22-8-7-19-12(3)10-22)21-23(16)14-6-4-5-13(18)9-14/h4-6,9,11-12,19H,7-8,10H2,1-3H3. The molecule has 1 aliphatic heterocycles. The molecule has 2 aromatic rings. The Bertz CT molecular complexity index is 742. The van der Waals surface area contributed by atoms with Crippen molar-refractivity contribution in [3.05, 3.63) is 41.7 Å². The summed E-state index contributed by atoms with van der Waals surface area (Å²) in [5.74, 6) is 0.343. The van der Waals surface area contributed by atoms with Crippen LogP contribution in [0.15, 0.2) is 24.3 Å². The molecule has 1 fully saturated rings. The molecule has 128 valence electrons. The van der Waals surface area contributed by atoms with Crippen LogP contribution in [0.2, 0.25) is 0 Å². The maximum atomic E-state index is 13.5. The van der Waals surface area contributed by atoms with Crippen LogP contribution in [-0.2, 0) is 0 Å². The predicted octanol–water partition coefficient (Wildman–Crippen LogP) is 1.96. The predicted molar refractivity (Wildman–Crippen MR) is 88.8 cm³/mol. The van der Waals surface area contributed by atoms with Crippen molar-refractivity contribution in [3.8, 4) is 5.69 Å². The monoisotopic (exact) mass is 331 g/mol. The summed E-state index contributed by atoms with van der Waals surface area (Å²) in [5, 5.41) is 7.67. The summed E-state index contributed by atoms with van der Waals surface area (Å²) in [4.78, 5) is 18.9. The minimum Gasteiger partial charge on any atom is -0.333 e. The van der Waals surface area contributed by atoms with Gasteiger partial charge < -0.3 is 10.2 Å². The van der Waals surface area contributed by atoms with Crippen LogP contribution in [0.4, 0.5) is 4.39 Å². The molecule has 1 saturated heterocycles. The zero-order valence-corrected chi connectivity index (χ0v) is 14.2. The maximum Gasteiger partial charge on any atom is 0.293 e. The number of halogens is 1. The van der Waals surface area contributed by atoms with Gasteiger partial charge in [-0.15, -0.1) is 5.10 Å². The van der Waals surface area contributed by atoms with Crippen LogP contribution in [-0.4, -0.2) is 51.2 Å². The number of rotatable bonds is 3. The average Bonchev–Trinajstić information content (AvgIpc) is 2.99. The summed E-state index contributed by atoms with van der Waals surface area (Å²) in [6.45, 7) is 8.01. The van der Waals surface area contributed by atoms with Crippen LogP contribution in [0, 0.1) is 5.82 Å².